The van der Waals surface area contributed by atoms with Gasteiger partial charge in [-0.25, -0.2) is 5.01 Å². The highest BCUT2D eigenvalue weighted by molar-refractivity contribution is 9.10. The topological polar surface area (TPSA) is 57.7 Å². The monoisotopic (exact) mass is 488 g/mol. The van der Waals surface area contributed by atoms with E-state index in [9.17, 15) is 14.4 Å². The van der Waals surface area contributed by atoms with E-state index in [-0.39, 0.29) is 40.8 Å². The Bertz CT molecular complexity index is 994. The third kappa shape index (κ3) is 3.91. The van der Waals surface area contributed by atoms with E-state index in [1.54, 1.807) is 24.3 Å². The second-order valence-corrected chi connectivity index (χ2v) is 9.41. The minimum absolute atomic E-state index is 0.101. The van der Waals surface area contributed by atoms with E-state index < -0.39 is 5.91 Å². The number of benzene rings is 2. The van der Waals surface area contributed by atoms with Crippen LogP contribution in [0.25, 0.3) is 0 Å². The summed E-state index contributed by atoms with van der Waals surface area (Å²) in [5.41, 5.74) is 1.07. The molecule has 2 aromatic rings. The fourth-order valence-electron chi connectivity index (χ4n) is 4.38. The zero-order valence-electron chi connectivity index (χ0n) is 16.6. The SMILES string of the molecule is C[C@@H]1CC[C@H]2C(=O)N(N(Cc3ccc(Br)cc3)C(=O)c3ccccc3Cl)C(=O)[C@@H]2C1. The van der Waals surface area contributed by atoms with Gasteiger partial charge in [0.1, 0.15) is 0 Å². The highest BCUT2D eigenvalue weighted by atomic mass is 79.9. The first kappa shape index (κ1) is 21.1. The third-order valence-corrected chi connectivity index (χ3v) is 6.85. The molecular formula is C23H22BrClN2O3. The van der Waals surface area contributed by atoms with Crippen molar-refractivity contribution in [2.45, 2.75) is 32.7 Å². The molecule has 0 spiro atoms. The lowest BCUT2D eigenvalue weighted by molar-refractivity contribution is -0.155. The van der Waals surface area contributed by atoms with Crippen molar-refractivity contribution >= 4 is 45.3 Å². The molecule has 1 aliphatic carbocycles. The highest BCUT2D eigenvalue weighted by Gasteiger charge is 2.52. The van der Waals surface area contributed by atoms with E-state index >= 15 is 0 Å². The van der Waals surface area contributed by atoms with E-state index in [2.05, 4.69) is 22.9 Å². The lowest BCUT2D eigenvalue weighted by Gasteiger charge is -2.31. The van der Waals surface area contributed by atoms with Gasteiger partial charge in [0, 0.05) is 4.47 Å². The molecule has 0 aromatic heterocycles. The minimum Gasteiger partial charge on any atom is -0.272 e. The van der Waals surface area contributed by atoms with Gasteiger partial charge in [-0.15, -0.1) is 0 Å². The van der Waals surface area contributed by atoms with Crippen molar-refractivity contribution in [3.05, 3.63) is 69.2 Å². The van der Waals surface area contributed by atoms with Gasteiger partial charge in [-0.05, 0) is 55.0 Å². The summed E-state index contributed by atoms with van der Waals surface area (Å²) in [6.45, 7) is 2.20. The van der Waals surface area contributed by atoms with Crippen molar-refractivity contribution < 1.29 is 14.4 Å². The summed E-state index contributed by atoms with van der Waals surface area (Å²) in [5.74, 6) is -1.34. The molecule has 1 saturated carbocycles. The molecule has 2 fully saturated rings. The highest BCUT2D eigenvalue weighted by Crippen LogP contribution is 2.41. The van der Waals surface area contributed by atoms with Crippen molar-refractivity contribution in [1.29, 1.82) is 0 Å². The summed E-state index contributed by atoms with van der Waals surface area (Å²) in [7, 11) is 0. The Hall–Kier alpha value is -2.18. The molecule has 2 aliphatic rings. The number of rotatable bonds is 4. The average Bonchev–Trinajstić information content (AvgIpc) is 2.97. The van der Waals surface area contributed by atoms with E-state index in [1.807, 2.05) is 24.3 Å². The minimum atomic E-state index is -0.461. The molecular weight excluding hydrogens is 468 g/mol. The van der Waals surface area contributed by atoms with Gasteiger partial charge in [0.05, 0.1) is 29.0 Å². The fraction of sp³-hybridized carbons (Fsp3) is 0.348. The number of fused-ring (bicyclic) bond motifs is 1. The van der Waals surface area contributed by atoms with Gasteiger partial charge in [0.25, 0.3) is 17.7 Å². The standard InChI is InChI=1S/C23H22BrClN2O3/c1-14-6-11-17-19(12-14)23(30)27(22(17)29)26(13-15-7-9-16(24)10-8-15)21(28)18-4-2-3-5-20(18)25/h2-5,7-10,14,17,19H,6,11-13H2,1H3/t14-,17-,19-/m1/s1. The molecule has 7 heteroatoms. The Labute approximate surface area is 189 Å². The molecule has 3 atom stereocenters. The van der Waals surface area contributed by atoms with Crippen LogP contribution in [0.4, 0.5) is 0 Å². The summed E-state index contributed by atoms with van der Waals surface area (Å²) in [6, 6.07) is 14.1. The summed E-state index contributed by atoms with van der Waals surface area (Å²) < 4.78 is 0.906. The number of hydrogen-bond donors (Lipinski definition) is 0. The first-order valence-electron chi connectivity index (χ1n) is 10.1. The van der Waals surface area contributed by atoms with Crippen molar-refractivity contribution in [2.24, 2.45) is 17.8 Å². The van der Waals surface area contributed by atoms with Crippen LogP contribution in [0.15, 0.2) is 53.0 Å². The Balaban J connectivity index is 1.72. The summed E-state index contributed by atoms with van der Waals surface area (Å²) >= 11 is 9.67. The van der Waals surface area contributed by atoms with Gasteiger partial charge in [0.15, 0.2) is 0 Å². The van der Waals surface area contributed by atoms with Crippen LogP contribution >= 0.6 is 27.5 Å². The Morgan fingerprint density at radius 1 is 1.07 bits per heavy atom. The summed E-state index contributed by atoms with van der Waals surface area (Å²) in [5, 5.41) is 2.63. The Morgan fingerprint density at radius 3 is 2.43 bits per heavy atom. The Morgan fingerprint density at radius 2 is 1.73 bits per heavy atom. The average molecular weight is 490 g/mol. The maximum absolute atomic E-state index is 13.5. The van der Waals surface area contributed by atoms with Gasteiger partial charge in [0.2, 0.25) is 0 Å². The molecule has 156 valence electrons. The van der Waals surface area contributed by atoms with Crippen LogP contribution in [-0.4, -0.2) is 27.7 Å². The molecule has 1 aliphatic heterocycles. The zero-order valence-corrected chi connectivity index (χ0v) is 18.9. The summed E-state index contributed by atoms with van der Waals surface area (Å²) in [6.07, 6.45) is 2.27. The van der Waals surface area contributed by atoms with Crippen LogP contribution in [0.3, 0.4) is 0 Å². The van der Waals surface area contributed by atoms with Crippen molar-refractivity contribution in [3.63, 3.8) is 0 Å². The molecule has 0 unspecified atom stereocenters. The number of carbonyl (C=O) groups excluding carboxylic acids is 3. The lowest BCUT2D eigenvalue weighted by Crippen LogP contribution is -2.49. The molecule has 4 rings (SSSR count). The number of amides is 3. The molecule has 5 nitrogen and oxygen atoms in total. The van der Waals surface area contributed by atoms with Crippen LogP contribution < -0.4 is 0 Å². The number of hydrogen-bond acceptors (Lipinski definition) is 3. The summed E-state index contributed by atoms with van der Waals surface area (Å²) in [4.78, 5) is 40.0. The van der Waals surface area contributed by atoms with Crippen LogP contribution in [-0.2, 0) is 16.1 Å². The number of carbonyl (C=O) groups is 3. The van der Waals surface area contributed by atoms with E-state index in [0.29, 0.717) is 18.8 Å². The maximum Gasteiger partial charge on any atom is 0.274 e. The third-order valence-electron chi connectivity index (χ3n) is 5.99. The van der Waals surface area contributed by atoms with Crippen LogP contribution in [0.5, 0.6) is 0 Å². The second kappa shape index (κ2) is 8.52. The van der Waals surface area contributed by atoms with Crippen LogP contribution in [0.1, 0.15) is 42.1 Å². The number of nitrogens with zero attached hydrogens (tertiary/aromatic N) is 2. The molecule has 1 saturated heterocycles. The van der Waals surface area contributed by atoms with Gasteiger partial charge in [-0.3, -0.25) is 14.4 Å². The fourth-order valence-corrected chi connectivity index (χ4v) is 4.86. The molecule has 2 aromatic carbocycles. The van der Waals surface area contributed by atoms with E-state index in [4.69, 9.17) is 11.6 Å². The van der Waals surface area contributed by atoms with Crippen molar-refractivity contribution in [1.82, 2.24) is 10.0 Å². The van der Waals surface area contributed by atoms with Gasteiger partial charge in [-0.1, -0.05) is 58.7 Å². The van der Waals surface area contributed by atoms with Gasteiger partial charge >= 0.3 is 0 Å². The van der Waals surface area contributed by atoms with Crippen molar-refractivity contribution in [3.8, 4) is 0 Å². The van der Waals surface area contributed by atoms with Crippen molar-refractivity contribution in [2.75, 3.05) is 0 Å². The molecule has 3 amide bonds. The predicted octanol–water partition coefficient (Wildman–Crippen LogP) is 5.08. The zero-order chi connectivity index (χ0) is 21.4. The van der Waals surface area contributed by atoms with E-state index in [0.717, 1.165) is 21.5 Å². The molecule has 0 bridgehead atoms. The molecule has 0 N–H and O–H groups in total. The second-order valence-electron chi connectivity index (χ2n) is 8.09. The molecule has 30 heavy (non-hydrogen) atoms. The van der Waals surface area contributed by atoms with E-state index in [1.165, 1.54) is 5.01 Å². The largest absolute Gasteiger partial charge is 0.274 e. The predicted molar refractivity (Wildman–Crippen MR) is 117 cm³/mol. The smallest absolute Gasteiger partial charge is 0.272 e. The Kier molecular flexibility index (Phi) is 5.98. The number of hydrazine groups is 1. The lowest BCUT2D eigenvalue weighted by atomic mass is 9.76. The van der Waals surface area contributed by atoms with Gasteiger partial charge < -0.3 is 0 Å². The number of halogens is 2. The number of imide groups is 1. The first-order valence-corrected chi connectivity index (χ1v) is 11.2. The van der Waals surface area contributed by atoms with Crippen LogP contribution in [0.2, 0.25) is 5.02 Å². The van der Waals surface area contributed by atoms with Crippen LogP contribution in [0, 0.1) is 17.8 Å². The quantitative estimate of drug-likeness (QED) is 0.563. The normalized spacial score (nSPS) is 23.4. The molecule has 1 heterocycles. The maximum atomic E-state index is 13.5. The van der Waals surface area contributed by atoms with Gasteiger partial charge in [-0.2, -0.15) is 5.01 Å². The first-order chi connectivity index (χ1) is 14.4. The molecule has 0 radical (unpaired) electrons.